The van der Waals surface area contributed by atoms with Gasteiger partial charge in [0.1, 0.15) is 5.60 Å². The first kappa shape index (κ1) is 22.2. The van der Waals surface area contributed by atoms with Crippen LogP contribution in [0.5, 0.6) is 0 Å². The Morgan fingerprint density at radius 1 is 1.10 bits per heavy atom. The number of benzene rings is 1. The highest BCUT2D eigenvalue weighted by Crippen LogP contribution is 2.29. The summed E-state index contributed by atoms with van der Waals surface area (Å²) >= 11 is 0. The second-order valence-electron chi connectivity index (χ2n) is 9.67. The average Bonchev–Trinajstić information content (AvgIpc) is 2.65. The van der Waals surface area contributed by atoms with Crippen molar-refractivity contribution < 1.29 is 14.3 Å². The predicted octanol–water partition coefficient (Wildman–Crippen LogP) is 4.14. The summed E-state index contributed by atoms with van der Waals surface area (Å²) in [4.78, 5) is 26.6. The summed E-state index contributed by atoms with van der Waals surface area (Å²) in [5, 5.41) is 6.30. The van der Waals surface area contributed by atoms with Crippen LogP contribution in [-0.2, 0) is 4.74 Å². The number of hydrogen-bond donors (Lipinski definition) is 3. The second kappa shape index (κ2) is 9.14. The fourth-order valence-corrected chi connectivity index (χ4v) is 4.21. The molecule has 2 saturated carbocycles. The SMILES string of the molecule is CN(C(=O)c1ccc(N[C@H]2C[C@@H](NC(=O)OC(C)(C)C)C2)c(N)c1)C1CCCCC1. The molecule has 0 heterocycles. The number of nitrogens with zero attached hydrogens (tertiary/aromatic N) is 1. The quantitative estimate of drug-likeness (QED) is 0.627. The lowest BCUT2D eigenvalue weighted by atomic mass is 9.86. The van der Waals surface area contributed by atoms with Gasteiger partial charge in [0, 0.05) is 30.7 Å². The zero-order chi connectivity index (χ0) is 21.9. The Morgan fingerprint density at radius 2 is 1.77 bits per heavy atom. The number of amides is 2. The van der Waals surface area contributed by atoms with Gasteiger partial charge in [0.25, 0.3) is 5.91 Å². The normalized spacial score (nSPS) is 22.0. The lowest BCUT2D eigenvalue weighted by Gasteiger charge is -2.37. The molecule has 1 aromatic rings. The van der Waals surface area contributed by atoms with Gasteiger partial charge in [0.2, 0.25) is 0 Å². The number of carbonyl (C=O) groups is 2. The monoisotopic (exact) mass is 416 g/mol. The van der Waals surface area contributed by atoms with E-state index in [0.717, 1.165) is 31.4 Å². The summed E-state index contributed by atoms with van der Waals surface area (Å²) in [5.41, 5.74) is 7.76. The molecule has 2 aliphatic carbocycles. The van der Waals surface area contributed by atoms with Gasteiger partial charge >= 0.3 is 6.09 Å². The van der Waals surface area contributed by atoms with Crippen molar-refractivity contribution in [3.8, 4) is 0 Å². The van der Waals surface area contributed by atoms with E-state index in [2.05, 4.69) is 10.6 Å². The minimum atomic E-state index is -0.496. The van der Waals surface area contributed by atoms with Gasteiger partial charge in [-0.1, -0.05) is 19.3 Å². The first-order chi connectivity index (χ1) is 14.1. The van der Waals surface area contributed by atoms with Gasteiger partial charge in [-0.3, -0.25) is 4.79 Å². The highest BCUT2D eigenvalue weighted by molar-refractivity contribution is 5.96. The smallest absolute Gasteiger partial charge is 0.407 e. The van der Waals surface area contributed by atoms with Gasteiger partial charge in [-0.05, 0) is 64.7 Å². The zero-order valence-corrected chi connectivity index (χ0v) is 18.7. The van der Waals surface area contributed by atoms with Crippen molar-refractivity contribution in [3.63, 3.8) is 0 Å². The van der Waals surface area contributed by atoms with Crippen molar-refractivity contribution in [2.75, 3.05) is 18.1 Å². The molecule has 3 rings (SSSR count). The number of nitrogens with one attached hydrogen (secondary N) is 2. The molecule has 0 radical (unpaired) electrons. The van der Waals surface area contributed by atoms with E-state index in [1.807, 2.05) is 44.9 Å². The van der Waals surface area contributed by atoms with Crippen LogP contribution in [0.2, 0.25) is 0 Å². The van der Waals surface area contributed by atoms with Crippen LogP contribution >= 0.6 is 0 Å². The predicted molar refractivity (Wildman–Crippen MR) is 120 cm³/mol. The fourth-order valence-electron chi connectivity index (χ4n) is 4.21. The van der Waals surface area contributed by atoms with Crippen LogP contribution in [0.15, 0.2) is 18.2 Å². The molecule has 7 nitrogen and oxygen atoms in total. The second-order valence-corrected chi connectivity index (χ2v) is 9.67. The van der Waals surface area contributed by atoms with Gasteiger partial charge in [-0.2, -0.15) is 0 Å². The standard InChI is InChI=1S/C23H36N4O3/c1-23(2,3)30-22(29)26-17-13-16(14-17)25-20-11-10-15(12-19(20)24)21(28)27(4)18-8-6-5-7-9-18/h10-12,16-18,25H,5-9,13-14,24H2,1-4H3,(H,26,29)/t16-,17+. The van der Waals surface area contributed by atoms with Crippen LogP contribution in [-0.4, -0.2) is 47.7 Å². The van der Waals surface area contributed by atoms with Crippen LogP contribution < -0.4 is 16.4 Å². The molecule has 30 heavy (non-hydrogen) atoms. The van der Waals surface area contributed by atoms with E-state index in [4.69, 9.17) is 10.5 Å². The lowest BCUT2D eigenvalue weighted by molar-refractivity contribution is 0.0475. The van der Waals surface area contributed by atoms with Crippen LogP contribution in [0.25, 0.3) is 0 Å². The van der Waals surface area contributed by atoms with E-state index in [-0.39, 0.29) is 24.1 Å². The van der Waals surface area contributed by atoms with Crippen molar-refractivity contribution in [2.45, 2.75) is 89.4 Å². The molecule has 0 aromatic heterocycles. The molecule has 0 aliphatic heterocycles. The molecule has 166 valence electrons. The largest absolute Gasteiger partial charge is 0.444 e. The topological polar surface area (TPSA) is 96.7 Å². The number of nitrogens with two attached hydrogens (primary N) is 1. The summed E-state index contributed by atoms with van der Waals surface area (Å²) in [5.74, 6) is 0.0328. The Hall–Kier alpha value is -2.44. The summed E-state index contributed by atoms with van der Waals surface area (Å²) in [6.07, 6.45) is 7.05. The molecule has 2 fully saturated rings. The molecule has 0 atom stereocenters. The lowest BCUT2D eigenvalue weighted by Crippen LogP contribution is -2.50. The van der Waals surface area contributed by atoms with Crippen LogP contribution in [0.1, 0.15) is 76.1 Å². The van der Waals surface area contributed by atoms with E-state index >= 15 is 0 Å². The Morgan fingerprint density at radius 3 is 2.37 bits per heavy atom. The number of nitrogen functional groups attached to an aromatic ring is 1. The van der Waals surface area contributed by atoms with Crippen LogP contribution in [0, 0.1) is 0 Å². The molecule has 0 spiro atoms. The van der Waals surface area contributed by atoms with E-state index in [9.17, 15) is 9.59 Å². The Kier molecular flexibility index (Phi) is 6.78. The number of carbonyl (C=O) groups excluding carboxylic acids is 2. The van der Waals surface area contributed by atoms with Gasteiger partial charge in [-0.15, -0.1) is 0 Å². The maximum absolute atomic E-state index is 12.8. The van der Waals surface area contributed by atoms with Gasteiger partial charge in [0.05, 0.1) is 11.4 Å². The molecule has 2 amide bonds. The van der Waals surface area contributed by atoms with E-state index in [1.54, 1.807) is 6.07 Å². The minimum Gasteiger partial charge on any atom is -0.444 e. The third kappa shape index (κ3) is 5.80. The highest BCUT2D eigenvalue weighted by Gasteiger charge is 2.32. The molecular weight excluding hydrogens is 380 g/mol. The first-order valence-corrected chi connectivity index (χ1v) is 11.0. The van der Waals surface area contributed by atoms with Gasteiger partial charge in [-0.25, -0.2) is 4.79 Å². The van der Waals surface area contributed by atoms with Crippen molar-refractivity contribution >= 4 is 23.4 Å². The van der Waals surface area contributed by atoms with Gasteiger partial charge in [0.15, 0.2) is 0 Å². The average molecular weight is 417 g/mol. The first-order valence-electron chi connectivity index (χ1n) is 11.0. The molecule has 0 bridgehead atoms. The highest BCUT2D eigenvalue weighted by atomic mass is 16.6. The van der Waals surface area contributed by atoms with Crippen LogP contribution in [0.4, 0.5) is 16.2 Å². The van der Waals surface area contributed by atoms with E-state index in [0.29, 0.717) is 17.3 Å². The maximum Gasteiger partial charge on any atom is 0.407 e. The summed E-state index contributed by atoms with van der Waals surface area (Å²) in [6, 6.07) is 6.15. The van der Waals surface area contributed by atoms with Crippen molar-refractivity contribution in [2.24, 2.45) is 0 Å². The fraction of sp³-hybridized carbons (Fsp3) is 0.652. The minimum absolute atomic E-state index is 0.0328. The summed E-state index contributed by atoms with van der Waals surface area (Å²) < 4.78 is 5.29. The molecule has 1 aromatic carbocycles. The Bertz CT molecular complexity index is 762. The number of rotatable bonds is 5. The van der Waals surface area contributed by atoms with Gasteiger partial charge < -0.3 is 26.0 Å². The number of hydrogen-bond acceptors (Lipinski definition) is 5. The zero-order valence-electron chi connectivity index (χ0n) is 18.7. The Labute approximate surface area is 179 Å². The van der Waals surface area contributed by atoms with E-state index in [1.165, 1.54) is 19.3 Å². The third-order valence-corrected chi connectivity index (χ3v) is 5.96. The molecule has 7 heteroatoms. The Balaban J connectivity index is 1.49. The molecule has 0 unspecified atom stereocenters. The van der Waals surface area contributed by atoms with Crippen molar-refractivity contribution in [1.29, 1.82) is 0 Å². The maximum atomic E-state index is 12.8. The molecule has 0 saturated heterocycles. The summed E-state index contributed by atoms with van der Waals surface area (Å²) in [6.45, 7) is 5.55. The molecule has 4 N–H and O–H groups in total. The molecular formula is C23H36N4O3. The number of ether oxygens (including phenoxy) is 1. The number of anilines is 2. The number of alkyl carbamates (subject to hydrolysis) is 1. The van der Waals surface area contributed by atoms with Crippen LogP contribution in [0.3, 0.4) is 0 Å². The third-order valence-electron chi connectivity index (χ3n) is 5.96. The molecule has 2 aliphatic rings. The van der Waals surface area contributed by atoms with Crippen molar-refractivity contribution in [1.82, 2.24) is 10.2 Å². The summed E-state index contributed by atoms with van der Waals surface area (Å²) in [7, 11) is 1.90. The van der Waals surface area contributed by atoms with E-state index < -0.39 is 5.60 Å². The van der Waals surface area contributed by atoms with Crippen molar-refractivity contribution in [3.05, 3.63) is 23.8 Å².